The number of pyridine rings is 1. The van der Waals surface area contributed by atoms with E-state index in [-0.39, 0.29) is 6.04 Å². The molecule has 2 N–H and O–H groups in total. The molecule has 29 heavy (non-hydrogen) atoms. The van der Waals surface area contributed by atoms with Gasteiger partial charge in [-0.3, -0.25) is 4.98 Å². The highest BCUT2D eigenvalue weighted by Crippen LogP contribution is 2.41. The molecule has 1 aromatic heterocycles. The Morgan fingerprint density at radius 2 is 1.45 bits per heavy atom. The lowest BCUT2D eigenvalue weighted by Crippen LogP contribution is -2.22. The molecule has 0 radical (unpaired) electrons. The van der Waals surface area contributed by atoms with Gasteiger partial charge in [0.05, 0.1) is 6.04 Å². The molecule has 4 rings (SSSR count). The predicted octanol–water partition coefficient (Wildman–Crippen LogP) is 3.90. The normalized spacial score (nSPS) is 14.8. The van der Waals surface area contributed by atoms with Crippen LogP contribution >= 0.6 is 0 Å². The maximum Gasteiger partial charge on any atom is 0.328 e. The highest BCUT2D eigenvalue weighted by Gasteiger charge is 2.31. The number of hydrogen-bond donors (Lipinski definition) is 2. The first-order valence-corrected chi connectivity index (χ1v) is 8.99. The fraction of sp³-hybridized carbons (Fsp3) is 0.0870. The van der Waals surface area contributed by atoms with Gasteiger partial charge in [-0.05, 0) is 28.8 Å². The van der Waals surface area contributed by atoms with E-state index in [4.69, 9.17) is 10.2 Å². The summed E-state index contributed by atoms with van der Waals surface area (Å²) in [7, 11) is 0. The van der Waals surface area contributed by atoms with Crippen LogP contribution in [0.4, 0.5) is 5.69 Å². The van der Waals surface area contributed by atoms with E-state index < -0.39 is 11.9 Å². The lowest BCUT2D eigenvalue weighted by Gasteiger charge is -2.27. The number of nitrogens with zero attached hydrogens (tertiary/aromatic N) is 2. The molecule has 0 fully saturated rings. The summed E-state index contributed by atoms with van der Waals surface area (Å²) in [6.45, 7) is 0.944. The Morgan fingerprint density at radius 3 is 2.07 bits per heavy atom. The van der Waals surface area contributed by atoms with E-state index in [2.05, 4.69) is 76.6 Å². The number of carbonyl (C=O) groups is 2. The van der Waals surface area contributed by atoms with Crippen LogP contribution in [-0.4, -0.2) is 27.1 Å². The van der Waals surface area contributed by atoms with Crippen molar-refractivity contribution in [3.05, 3.63) is 108 Å². The molecule has 0 bridgehead atoms. The molecule has 146 valence electrons. The Morgan fingerprint density at radius 1 is 0.862 bits per heavy atom. The number of hydrogen-bond acceptors (Lipinski definition) is 4. The summed E-state index contributed by atoms with van der Waals surface area (Å²) in [6, 6.07) is 23.9. The van der Waals surface area contributed by atoms with Crippen molar-refractivity contribution < 1.29 is 19.8 Å². The van der Waals surface area contributed by atoms with Crippen LogP contribution < -0.4 is 4.90 Å². The fourth-order valence-electron chi connectivity index (χ4n) is 3.30. The minimum atomic E-state index is -1.26. The molecule has 6 nitrogen and oxygen atoms in total. The molecule has 0 spiro atoms. The zero-order valence-corrected chi connectivity index (χ0v) is 15.6. The van der Waals surface area contributed by atoms with Gasteiger partial charge in [-0.1, -0.05) is 54.6 Å². The van der Waals surface area contributed by atoms with Crippen molar-refractivity contribution in [3.8, 4) is 0 Å². The van der Waals surface area contributed by atoms with Crippen LogP contribution in [0.2, 0.25) is 0 Å². The zero-order valence-electron chi connectivity index (χ0n) is 15.6. The van der Waals surface area contributed by atoms with Crippen LogP contribution in [-0.2, 0) is 16.1 Å². The molecule has 0 amide bonds. The van der Waals surface area contributed by atoms with Crippen molar-refractivity contribution >= 4 is 17.6 Å². The maximum absolute atomic E-state index is 9.55. The second-order valence-electron chi connectivity index (χ2n) is 6.36. The monoisotopic (exact) mass is 388 g/mol. The van der Waals surface area contributed by atoms with Gasteiger partial charge in [0.15, 0.2) is 0 Å². The molecule has 2 heterocycles. The molecule has 1 atom stereocenters. The molecule has 2 aromatic carbocycles. The fourth-order valence-corrected chi connectivity index (χ4v) is 3.30. The van der Waals surface area contributed by atoms with Crippen molar-refractivity contribution in [2.24, 2.45) is 0 Å². The summed E-state index contributed by atoms with van der Waals surface area (Å²) in [5.41, 5.74) is 5.36. The number of rotatable bonds is 4. The molecule has 1 aliphatic rings. The van der Waals surface area contributed by atoms with E-state index in [1.165, 1.54) is 22.4 Å². The average Bonchev–Trinajstić information content (AvgIpc) is 3.14. The number of benzene rings is 2. The van der Waals surface area contributed by atoms with Crippen LogP contribution in [0.15, 0.2) is 91.3 Å². The van der Waals surface area contributed by atoms with Gasteiger partial charge in [-0.2, -0.15) is 0 Å². The van der Waals surface area contributed by atoms with Crippen molar-refractivity contribution in [1.82, 2.24) is 4.98 Å². The summed E-state index contributed by atoms with van der Waals surface area (Å²) in [5, 5.41) is 15.6. The molecule has 0 saturated carbocycles. The van der Waals surface area contributed by atoms with E-state index in [0.717, 1.165) is 6.54 Å². The Bertz CT molecular complexity index is 988. The van der Waals surface area contributed by atoms with Gasteiger partial charge in [0.2, 0.25) is 0 Å². The standard InChI is InChI=1S/C19H16N2.C4H4O4/c1-2-6-15(7-3-1)19-18-9-5-4-8-16(18)14-21(19)17-10-12-20-13-11-17;5-3(6)1-2-4(7)8/h1-13,19H,14H2;1-2H,(H,5,6)(H,7,8). The van der Waals surface area contributed by atoms with Gasteiger partial charge in [0.1, 0.15) is 0 Å². The SMILES string of the molecule is O=C(O)C=CC(=O)O.c1ccc(C2c3ccccc3CN2c2ccncc2)cc1. The Hall–Kier alpha value is -3.93. The molecule has 0 aliphatic carbocycles. The van der Waals surface area contributed by atoms with Crippen LogP contribution in [0.1, 0.15) is 22.7 Å². The lowest BCUT2D eigenvalue weighted by atomic mass is 9.98. The van der Waals surface area contributed by atoms with E-state index in [1.807, 2.05) is 12.4 Å². The van der Waals surface area contributed by atoms with Crippen molar-refractivity contribution in [2.45, 2.75) is 12.6 Å². The minimum absolute atomic E-state index is 0.282. The second-order valence-corrected chi connectivity index (χ2v) is 6.36. The third-order valence-electron chi connectivity index (χ3n) is 4.48. The van der Waals surface area contributed by atoms with Crippen molar-refractivity contribution in [3.63, 3.8) is 0 Å². The molecule has 1 unspecified atom stereocenters. The summed E-state index contributed by atoms with van der Waals surface area (Å²) in [6.07, 6.45) is 4.84. The van der Waals surface area contributed by atoms with E-state index in [9.17, 15) is 9.59 Å². The van der Waals surface area contributed by atoms with Gasteiger partial charge in [0, 0.05) is 36.8 Å². The summed E-state index contributed by atoms with van der Waals surface area (Å²) < 4.78 is 0. The van der Waals surface area contributed by atoms with Gasteiger partial charge in [-0.25, -0.2) is 9.59 Å². The highest BCUT2D eigenvalue weighted by atomic mass is 16.4. The molecule has 3 aromatic rings. The first-order valence-electron chi connectivity index (χ1n) is 8.99. The highest BCUT2D eigenvalue weighted by molar-refractivity contribution is 5.89. The minimum Gasteiger partial charge on any atom is -0.478 e. The van der Waals surface area contributed by atoms with Gasteiger partial charge in [0.25, 0.3) is 0 Å². The van der Waals surface area contributed by atoms with E-state index >= 15 is 0 Å². The number of carboxylic acids is 2. The largest absolute Gasteiger partial charge is 0.478 e. The van der Waals surface area contributed by atoms with Gasteiger partial charge < -0.3 is 15.1 Å². The van der Waals surface area contributed by atoms with Crippen LogP contribution in [0.5, 0.6) is 0 Å². The number of aromatic nitrogens is 1. The Kier molecular flexibility index (Phi) is 6.37. The third kappa shape index (κ3) is 5.07. The summed E-state index contributed by atoms with van der Waals surface area (Å²) in [5.74, 6) is -2.51. The van der Waals surface area contributed by atoms with Gasteiger partial charge in [-0.15, -0.1) is 0 Å². The smallest absolute Gasteiger partial charge is 0.328 e. The van der Waals surface area contributed by atoms with Crippen molar-refractivity contribution in [2.75, 3.05) is 4.90 Å². The van der Waals surface area contributed by atoms with Crippen LogP contribution in [0.25, 0.3) is 0 Å². The van der Waals surface area contributed by atoms with Crippen LogP contribution in [0.3, 0.4) is 0 Å². The zero-order chi connectivity index (χ0) is 20.6. The number of carboxylic acid groups (broad SMARTS) is 2. The van der Waals surface area contributed by atoms with E-state index in [0.29, 0.717) is 12.2 Å². The Labute approximate surface area is 168 Å². The molecular weight excluding hydrogens is 368 g/mol. The quantitative estimate of drug-likeness (QED) is 0.659. The average molecular weight is 388 g/mol. The summed E-state index contributed by atoms with van der Waals surface area (Å²) >= 11 is 0. The molecule has 1 aliphatic heterocycles. The van der Waals surface area contributed by atoms with Crippen molar-refractivity contribution in [1.29, 1.82) is 0 Å². The summed E-state index contributed by atoms with van der Waals surface area (Å²) in [4.78, 5) is 25.7. The van der Waals surface area contributed by atoms with Crippen LogP contribution in [0, 0.1) is 0 Å². The predicted molar refractivity (Wildman–Crippen MR) is 110 cm³/mol. The molecular formula is C23H20N2O4. The second kappa shape index (κ2) is 9.32. The molecule has 0 saturated heterocycles. The topological polar surface area (TPSA) is 90.7 Å². The Balaban J connectivity index is 0.000000258. The third-order valence-corrected chi connectivity index (χ3v) is 4.48. The first kappa shape index (κ1) is 19.8. The lowest BCUT2D eigenvalue weighted by molar-refractivity contribution is -0.134. The first-order chi connectivity index (χ1) is 14.1. The number of anilines is 1. The van der Waals surface area contributed by atoms with E-state index in [1.54, 1.807) is 0 Å². The number of aliphatic carboxylic acids is 2. The maximum atomic E-state index is 9.55. The number of fused-ring (bicyclic) bond motifs is 1. The van der Waals surface area contributed by atoms with Gasteiger partial charge >= 0.3 is 11.9 Å². The molecule has 6 heteroatoms.